The summed E-state index contributed by atoms with van der Waals surface area (Å²) < 4.78 is 10.4. The summed E-state index contributed by atoms with van der Waals surface area (Å²) in [6.07, 6.45) is 4.89. The van der Waals surface area contributed by atoms with E-state index in [1.165, 1.54) is 19.3 Å². The van der Waals surface area contributed by atoms with Gasteiger partial charge in [-0.1, -0.05) is 12.8 Å². The first-order valence-electron chi connectivity index (χ1n) is 6.68. The van der Waals surface area contributed by atoms with Gasteiger partial charge in [-0.3, -0.25) is 4.90 Å². The van der Waals surface area contributed by atoms with E-state index in [0.29, 0.717) is 6.04 Å². The van der Waals surface area contributed by atoms with E-state index in [2.05, 4.69) is 11.8 Å². The molecule has 104 valence electrons. The first kappa shape index (κ1) is 16.8. The Morgan fingerprint density at radius 1 is 1.00 bits per heavy atom. The molecule has 0 heterocycles. The van der Waals surface area contributed by atoms with Crippen molar-refractivity contribution in [3.05, 3.63) is 0 Å². The Balaban J connectivity index is 3.75. The van der Waals surface area contributed by atoms with Crippen LogP contribution in [0.4, 0.5) is 0 Å². The van der Waals surface area contributed by atoms with E-state index < -0.39 is 0 Å². The predicted octanol–water partition coefficient (Wildman–Crippen LogP) is 1.49. The highest BCUT2D eigenvalue weighted by Crippen LogP contribution is 2.05. The average molecular weight is 246 g/mol. The molecule has 0 saturated heterocycles. The van der Waals surface area contributed by atoms with E-state index in [-0.39, 0.29) is 0 Å². The zero-order valence-corrected chi connectivity index (χ0v) is 11.8. The second-order valence-corrected chi connectivity index (χ2v) is 4.54. The van der Waals surface area contributed by atoms with E-state index in [1.807, 2.05) is 0 Å². The summed E-state index contributed by atoms with van der Waals surface area (Å²) >= 11 is 0. The minimum atomic E-state index is 0.463. The highest BCUT2D eigenvalue weighted by Gasteiger charge is 2.12. The van der Waals surface area contributed by atoms with Crippen molar-refractivity contribution in [1.82, 2.24) is 4.90 Å². The molecule has 0 amide bonds. The van der Waals surface area contributed by atoms with Crippen LogP contribution in [0.2, 0.25) is 0 Å². The maximum Gasteiger partial charge on any atom is 0.0615 e. The molecule has 4 heteroatoms. The second-order valence-electron chi connectivity index (χ2n) is 4.54. The van der Waals surface area contributed by atoms with Gasteiger partial charge in [0.15, 0.2) is 0 Å². The topological polar surface area (TPSA) is 47.7 Å². The Morgan fingerprint density at radius 2 is 1.71 bits per heavy atom. The number of hydrogen-bond acceptors (Lipinski definition) is 4. The molecule has 4 nitrogen and oxygen atoms in total. The number of unbranched alkanes of at least 4 members (excludes halogenated alkanes) is 3. The van der Waals surface area contributed by atoms with Gasteiger partial charge in [0.25, 0.3) is 0 Å². The van der Waals surface area contributed by atoms with Crippen LogP contribution >= 0.6 is 0 Å². The van der Waals surface area contributed by atoms with Gasteiger partial charge < -0.3 is 15.2 Å². The SMILES string of the molecule is COCCN(CCCCCCN)C(C)COC. The third kappa shape index (κ3) is 9.53. The first-order valence-corrected chi connectivity index (χ1v) is 6.68. The van der Waals surface area contributed by atoms with E-state index in [9.17, 15) is 0 Å². The fourth-order valence-corrected chi connectivity index (χ4v) is 1.92. The van der Waals surface area contributed by atoms with Gasteiger partial charge in [0, 0.05) is 26.8 Å². The Labute approximate surface area is 106 Å². The highest BCUT2D eigenvalue weighted by molar-refractivity contribution is 4.66. The number of methoxy groups -OCH3 is 2. The maximum atomic E-state index is 5.48. The van der Waals surface area contributed by atoms with E-state index in [1.54, 1.807) is 14.2 Å². The minimum absolute atomic E-state index is 0.463. The summed E-state index contributed by atoms with van der Waals surface area (Å²) in [4.78, 5) is 2.44. The van der Waals surface area contributed by atoms with Crippen LogP contribution in [0.15, 0.2) is 0 Å². The van der Waals surface area contributed by atoms with Gasteiger partial charge in [0.2, 0.25) is 0 Å². The molecular formula is C13H30N2O2. The van der Waals surface area contributed by atoms with Crippen molar-refractivity contribution in [1.29, 1.82) is 0 Å². The molecule has 0 rings (SSSR count). The van der Waals surface area contributed by atoms with Crippen LogP contribution in [-0.4, -0.2) is 58.0 Å². The van der Waals surface area contributed by atoms with Crippen molar-refractivity contribution in [2.24, 2.45) is 5.73 Å². The molecule has 1 atom stereocenters. The molecule has 0 aromatic heterocycles. The van der Waals surface area contributed by atoms with Crippen LogP contribution in [0.3, 0.4) is 0 Å². The quantitative estimate of drug-likeness (QED) is 0.530. The number of rotatable bonds is 12. The van der Waals surface area contributed by atoms with Crippen molar-refractivity contribution in [2.75, 3.05) is 47.1 Å². The van der Waals surface area contributed by atoms with Crippen LogP contribution in [0, 0.1) is 0 Å². The van der Waals surface area contributed by atoms with E-state index in [0.717, 1.165) is 39.3 Å². The lowest BCUT2D eigenvalue weighted by molar-refractivity contribution is 0.0739. The summed E-state index contributed by atoms with van der Waals surface area (Å²) in [5.41, 5.74) is 5.48. The Hall–Kier alpha value is -0.160. The van der Waals surface area contributed by atoms with Gasteiger partial charge in [-0.15, -0.1) is 0 Å². The molecule has 1 unspecified atom stereocenters. The number of hydrogen-bond donors (Lipinski definition) is 1. The van der Waals surface area contributed by atoms with Crippen molar-refractivity contribution in [3.8, 4) is 0 Å². The van der Waals surface area contributed by atoms with Gasteiger partial charge in [-0.2, -0.15) is 0 Å². The Bertz CT molecular complexity index is 156. The van der Waals surface area contributed by atoms with Crippen LogP contribution < -0.4 is 5.73 Å². The minimum Gasteiger partial charge on any atom is -0.383 e. The fourth-order valence-electron chi connectivity index (χ4n) is 1.92. The van der Waals surface area contributed by atoms with Crippen molar-refractivity contribution < 1.29 is 9.47 Å². The molecule has 17 heavy (non-hydrogen) atoms. The fraction of sp³-hybridized carbons (Fsp3) is 1.00. The first-order chi connectivity index (χ1) is 8.26. The van der Waals surface area contributed by atoms with Gasteiger partial charge in [-0.05, 0) is 32.9 Å². The maximum absolute atomic E-state index is 5.48. The monoisotopic (exact) mass is 246 g/mol. The molecule has 0 saturated carbocycles. The van der Waals surface area contributed by atoms with Crippen molar-refractivity contribution in [3.63, 3.8) is 0 Å². The molecule has 0 aromatic carbocycles. The lowest BCUT2D eigenvalue weighted by Gasteiger charge is -2.28. The molecule has 0 aromatic rings. The molecule has 0 bridgehead atoms. The normalized spacial score (nSPS) is 13.2. The summed E-state index contributed by atoms with van der Waals surface area (Å²) in [7, 11) is 3.51. The van der Waals surface area contributed by atoms with Crippen LogP contribution in [-0.2, 0) is 9.47 Å². The summed E-state index contributed by atoms with van der Waals surface area (Å²) in [5, 5.41) is 0. The van der Waals surface area contributed by atoms with Gasteiger partial charge >= 0.3 is 0 Å². The molecule has 0 aliphatic rings. The molecule has 0 fully saturated rings. The molecular weight excluding hydrogens is 216 g/mol. The smallest absolute Gasteiger partial charge is 0.0615 e. The second kappa shape index (κ2) is 12.3. The summed E-state index contributed by atoms with van der Waals surface area (Å²) in [6.45, 7) is 6.70. The number of nitrogens with two attached hydrogens (primary N) is 1. The zero-order valence-electron chi connectivity index (χ0n) is 11.8. The predicted molar refractivity (Wildman–Crippen MR) is 72.3 cm³/mol. The molecule has 0 radical (unpaired) electrons. The summed E-state index contributed by atoms with van der Waals surface area (Å²) in [5.74, 6) is 0. The highest BCUT2D eigenvalue weighted by atomic mass is 16.5. The van der Waals surface area contributed by atoms with Gasteiger partial charge in [0.1, 0.15) is 0 Å². The molecule has 0 aliphatic heterocycles. The molecule has 0 spiro atoms. The third-order valence-electron chi connectivity index (χ3n) is 3.01. The average Bonchev–Trinajstić information content (AvgIpc) is 2.33. The van der Waals surface area contributed by atoms with E-state index in [4.69, 9.17) is 15.2 Å². The Kier molecular flexibility index (Phi) is 12.2. The largest absolute Gasteiger partial charge is 0.383 e. The third-order valence-corrected chi connectivity index (χ3v) is 3.01. The molecule has 0 aliphatic carbocycles. The van der Waals surface area contributed by atoms with Gasteiger partial charge in [-0.25, -0.2) is 0 Å². The lowest BCUT2D eigenvalue weighted by Crippen LogP contribution is -2.39. The van der Waals surface area contributed by atoms with Crippen molar-refractivity contribution in [2.45, 2.75) is 38.6 Å². The lowest BCUT2D eigenvalue weighted by atomic mass is 10.1. The zero-order chi connectivity index (χ0) is 12.9. The Morgan fingerprint density at radius 3 is 2.29 bits per heavy atom. The standard InChI is InChI=1S/C13H30N2O2/c1-13(12-17-3)15(10-11-16-2)9-7-5-4-6-8-14/h13H,4-12,14H2,1-3H3. The van der Waals surface area contributed by atoms with Crippen LogP contribution in [0.25, 0.3) is 0 Å². The summed E-state index contributed by atoms with van der Waals surface area (Å²) in [6, 6.07) is 0.463. The van der Waals surface area contributed by atoms with Gasteiger partial charge in [0.05, 0.1) is 13.2 Å². The van der Waals surface area contributed by atoms with Crippen LogP contribution in [0.1, 0.15) is 32.6 Å². The van der Waals surface area contributed by atoms with Crippen LogP contribution in [0.5, 0.6) is 0 Å². The number of ether oxygens (including phenoxy) is 2. The molecule has 2 N–H and O–H groups in total. The van der Waals surface area contributed by atoms with E-state index >= 15 is 0 Å². The number of nitrogens with zero attached hydrogens (tertiary/aromatic N) is 1. The van der Waals surface area contributed by atoms with Crippen molar-refractivity contribution >= 4 is 0 Å².